The molecule has 1 heteroatoms. The Balaban J connectivity index is 3.03. The molecule has 0 radical (unpaired) electrons. The lowest BCUT2D eigenvalue weighted by Crippen LogP contribution is -1.85. The second-order valence-electron chi connectivity index (χ2n) is 3.53. The molecule has 14 heavy (non-hydrogen) atoms. The van der Waals surface area contributed by atoms with Crippen LogP contribution < -0.4 is 0 Å². The second-order valence-corrected chi connectivity index (χ2v) is 3.53. The summed E-state index contributed by atoms with van der Waals surface area (Å²) >= 11 is 0. The molecular weight excluding hydrogens is 172 g/mol. The summed E-state index contributed by atoms with van der Waals surface area (Å²) in [6.45, 7) is 6.16. The Kier molecular flexibility index (Phi) is 3.63. The maximum absolute atomic E-state index is 10.6. The van der Waals surface area contributed by atoms with E-state index in [2.05, 4.69) is 26.0 Å². The van der Waals surface area contributed by atoms with Crippen LogP contribution in [0.4, 0.5) is 0 Å². The number of carbonyl (C=O) groups excluding carboxylic acids is 1. The fraction of sp³-hybridized carbons (Fsp3) is 0.308. The van der Waals surface area contributed by atoms with Crippen molar-refractivity contribution < 1.29 is 4.79 Å². The Bertz CT molecular complexity index is 361. The lowest BCUT2D eigenvalue weighted by Gasteiger charge is -2.01. The van der Waals surface area contributed by atoms with Crippen LogP contribution in [0.3, 0.4) is 0 Å². The topological polar surface area (TPSA) is 17.1 Å². The van der Waals surface area contributed by atoms with E-state index in [1.807, 2.05) is 19.1 Å². The molecule has 1 rings (SSSR count). The van der Waals surface area contributed by atoms with Gasteiger partial charge in [-0.15, -0.1) is 0 Å². The molecule has 0 spiro atoms. The number of carbonyl (C=O) groups is 1. The first-order valence-electron chi connectivity index (χ1n) is 4.90. The second kappa shape index (κ2) is 4.75. The number of benzene rings is 1. The number of allylic oxidation sites excluding steroid dienone is 1. The zero-order valence-electron chi connectivity index (χ0n) is 9.00. The first kappa shape index (κ1) is 10.7. The van der Waals surface area contributed by atoms with Gasteiger partial charge in [-0.3, -0.25) is 4.79 Å². The van der Waals surface area contributed by atoms with Crippen LogP contribution in [0.15, 0.2) is 23.8 Å². The van der Waals surface area contributed by atoms with Gasteiger partial charge < -0.3 is 0 Å². The van der Waals surface area contributed by atoms with Crippen molar-refractivity contribution in [1.29, 1.82) is 0 Å². The van der Waals surface area contributed by atoms with Crippen LogP contribution in [0.1, 0.15) is 30.0 Å². The van der Waals surface area contributed by atoms with Crippen LogP contribution >= 0.6 is 0 Å². The Morgan fingerprint density at radius 3 is 2.50 bits per heavy atom. The molecule has 1 aromatic carbocycles. The van der Waals surface area contributed by atoms with E-state index in [1.54, 1.807) is 0 Å². The van der Waals surface area contributed by atoms with Gasteiger partial charge in [0.1, 0.15) is 6.29 Å². The first-order chi connectivity index (χ1) is 6.67. The molecule has 0 fully saturated rings. The van der Waals surface area contributed by atoms with Crippen LogP contribution in [0, 0.1) is 13.8 Å². The van der Waals surface area contributed by atoms with Crippen molar-refractivity contribution in [2.75, 3.05) is 0 Å². The van der Waals surface area contributed by atoms with E-state index in [-0.39, 0.29) is 0 Å². The smallest absolute Gasteiger partial charge is 0.146 e. The van der Waals surface area contributed by atoms with Gasteiger partial charge in [0, 0.05) is 0 Å². The molecular formula is C13H16O. The van der Waals surface area contributed by atoms with E-state index in [0.29, 0.717) is 0 Å². The summed E-state index contributed by atoms with van der Waals surface area (Å²) in [6.07, 6.45) is 3.66. The van der Waals surface area contributed by atoms with Crippen LogP contribution in [-0.2, 0) is 4.79 Å². The van der Waals surface area contributed by atoms with Crippen LogP contribution in [0.5, 0.6) is 0 Å². The molecule has 1 aromatic rings. The Morgan fingerprint density at radius 2 is 2.00 bits per heavy atom. The number of aldehydes is 1. The highest BCUT2D eigenvalue weighted by molar-refractivity contribution is 5.81. The molecule has 0 N–H and O–H groups in total. The largest absolute Gasteiger partial charge is 0.298 e. The van der Waals surface area contributed by atoms with Gasteiger partial charge in [-0.1, -0.05) is 25.1 Å². The van der Waals surface area contributed by atoms with Crippen molar-refractivity contribution in [3.05, 3.63) is 40.5 Å². The van der Waals surface area contributed by atoms with E-state index < -0.39 is 0 Å². The van der Waals surface area contributed by atoms with Crippen LogP contribution in [-0.4, -0.2) is 6.29 Å². The Morgan fingerprint density at radius 1 is 1.29 bits per heavy atom. The Labute approximate surface area is 85.5 Å². The summed E-state index contributed by atoms with van der Waals surface area (Å²) in [5, 5.41) is 0. The molecule has 0 unspecified atom stereocenters. The third-order valence-corrected chi connectivity index (χ3v) is 2.44. The SMILES string of the molecule is CCC(C=O)=Cc1ccc(C)c(C)c1. The molecule has 0 atom stereocenters. The van der Waals surface area contributed by atoms with E-state index >= 15 is 0 Å². The lowest BCUT2D eigenvalue weighted by atomic mass is 10.0. The van der Waals surface area contributed by atoms with Gasteiger partial charge in [0.2, 0.25) is 0 Å². The molecule has 74 valence electrons. The third-order valence-electron chi connectivity index (χ3n) is 2.44. The minimum atomic E-state index is 0.788. The molecule has 0 aliphatic carbocycles. The summed E-state index contributed by atoms with van der Waals surface area (Å²) in [4.78, 5) is 10.6. The number of rotatable bonds is 3. The molecule has 0 aliphatic rings. The summed E-state index contributed by atoms with van der Waals surface area (Å²) in [6, 6.07) is 6.23. The number of hydrogen-bond acceptors (Lipinski definition) is 1. The summed E-state index contributed by atoms with van der Waals surface area (Å²) in [7, 11) is 0. The number of hydrogen-bond donors (Lipinski definition) is 0. The molecule has 0 aliphatic heterocycles. The predicted octanol–water partition coefficient (Wildman–Crippen LogP) is 3.30. The summed E-state index contributed by atoms with van der Waals surface area (Å²) in [5.41, 5.74) is 4.50. The van der Waals surface area contributed by atoms with E-state index in [1.165, 1.54) is 11.1 Å². The Hall–Kier alpha value is -1.37. The quantitative estimate of drug-likeness (QED) is 0.525. The zero-order valence-corrected chi connectivity index (χ0v) is 9.00. The molecule has 0 heterocycles. The third kappa shape index (κ3) is 2.56. The first-order valence-corrected chi connectivity index (χ1v) is 4.90. The fourth-order valence-electron chi connectivity index (χ4n) is 1.29. The molecule has 0 saturated carbocycles. The van der Waals surface area contributed by atoms with E-state index in [4.69, 9.17) is 0 Å². The highest BCUT2D eigenvalue weighted by Gasteiger charge is 1.95. The van der Waals surface area contributed by atoms with Crippen molar-refractivity contribution in [2.45, 2.75) is 27.2 Å². The molecule has 0 saturated heterocycles. The van der Waals surface area contributed by atoms with Gasteiger partial charge in [-0.2, -0.15) is 0 Å². The van der Waals surface area contributed by atoms with Gasteiger partial charge >= 0.3 is 0 Å². The standard InChI is InChI=1S/C13H16O/c1-4-12(9-14)8-13-6-5-10(2)11(3)7-13/h5-9H,4H2,1-3H3. The van der Waals surface area contributed by atoms with Crippen molar-refractivity contribution in [3.8, 4) is 0 Å². The van der Waals surface area contributed by atoms with Crippen LogP contribution in [0.2, 0.25) is 0 Å². The average Bonchev–Trinajstić information content (AvgIpc) is 2.19. The van der Waals surface area contributed by atoms with Crippen molar-refractivity contribution in [2.24, 2.45) is 0 Å². The van der Waals surface area contributed by atoms with Gasteiger partial charge in [0.15, 0.2) is 0 Å². The van der Waals surface area contributed by atoms with Gasteiger partial charge in [-0.05, 0) is 48.6 Å². The zero-order chi connectivity index (χ0) is 10.6. The lowest BCUT2D eigenvalue weighted by molar-refractivity contribution is -0.104. The summed E-state index contributed by atoms with van der Waals surface area (Å²) in [5.74, 6) is 0. The normalized spacial score (nSPS) is 11.5. The average molecular weight is 188 g/mol. The highest BCUT2D eigenvalue weighted by Crippen LogP contribution is 2.13. The van der Waals surface area contributed by atoms with Crippen molar-refractivity contribution in [1.82, 2.24) is 0 Å². The molecule has 0 amide bonds. The molecule has 0 bridgehead atoms. The molecule has 0 aromatic heterocycles. The minimum absolute atomic E-state index is 0.788. The van der Waals surface area contributed by atoms with E-state index in [0.717, 1.165) is 23.8 Å². The maximum Gasteiger partial charge on any atom is 0.146 e. The minimum Gasteiger partial charge on any atom is -0.298 e. The van der Waals surface area contributed by atoms with Gasteiger partial charge in [-0.25, -0.2) is 0 Å². The van der Waals surface area contributed by atoms with Gasteiger partial charge in [0.25, 0.3) is 0 Å². The fourth-order valence-corrected chi connectivity index (χ4v) is 1.29. The summed E-state index contributed by atoms with van der Waals surface area (Å²) < 4.78 is 0. The van der Waals surface area contributed by atoms with E-state index in [9.17, 15) is 4.79 Å². The predicted molar refractivity (Wildman–Crippen MR) is 60.2 cm³/mol. The monoisotopic (exact) mass is 188 g/mol. The highest BCUT2D eigenvalue weighted by atomic mass is 16.1. The van der Waals surface area contributed by atoms with Crippen LogP contribution in [0.25, 0.3) is 6.08 Å². The van der Waals surface area contributed by atoms with Crippen molar-refractivity contribution in [3.63, 3.8) is 0 Å². The maximum atomic E-state index is 10.6. The van der Waals surface area contributed by atoms with Gasteiger partial charge in [0.05, 0.1) is 0 Å². The molecule has 1 nitrogen and oxygen atoms in total. The number of aryl methyl sites for hydroxylation is 2. The van der Waals surface area contributed by atoms with Crippen molar-refractivity contribution >= 4 is 12.4 Å².